The van der Waals surface area contributed by atoms with Crippen molar-refractivity contribution < 1.29 is 22.7 Å². The van der Waals surface area contributed by atoms with Crippen LogP contribution in [0, 0.1) is 5.92 Å². The van der Waals surface area contributed by atoms with E-state index in [1.807, 2.05) is 6.92 Å². The maximum atomic E-state index is 12.2. The zero-order chi connectivity index (χ0) is 21.6. The first-order valence-electron chi connectivity index (χ1n) is 9.76. The van der Waals surface area contributed by atoms with E-state index in [-0.39, 0.29) is 22.7 Å². The van der Waals surface area contributed by atoms with E-state index in [4.69, 9.17) is 4.74 Å². The quantitative estimate of drug-likeness (QED) is 0.590. The molecule has 1 aliphatic rings. The van der Waals surface area contributed by atoms with Gasteiger partial charge in [-0.2, -0.15) is 0 Å². The van der Waals surface area contributed by atoms with Gasteiger partial charge in [-0.15, -0.1) is 0 Å². The number of sulfonamides is 1. The summed E-state index contributed by atoms with van der Waals surface area (Å²) in [6, 6.07) is 5.42. The third-order valence-electron chi connectivity index (χ3n) is 4.50. The van der Waals surface area contributed by atoms with Gasteiger partial charge in [-0.25, -0.2) is 13.2 Å². The van der Waals surface area contributed by atoms with E-state index < -0.39 is 28.6 Å². The minimum absolute atomic E-state index is 0.00187. The van der Waals surface area contributed by atoms with E-state index in [1.165, 1.54) is 13.0 Å². The average Bonchev–Trinajstić information content (AvgIpc) is 2.90. The molecule has 1 aliphatic heterocycles. The Balaban J connectivity index is 1.85. The minimum Gasteiger partial charge on any atom is -0.454 e. The number of fused-ring (bicyclic) bond motifs is 1. The van der Waals surface area contributed by atoms with E-state index in [1.54, 1.807) is 18.2 Å². The molecule has 1 aromatic rings. The van der Waals surface area contributed by atoms with Crippen LogP contribution in [0.4, 0.5) is 0 Å². The van der Waals surface area contributed by atoms with Crippen LogP contribution < -0.4 is 10.0 Å². The first kappa shape index (κ1) is 22.9. The van der Waals surface area contributed by atoms with E-state index in [0.29, 0.717) is 11.5 Å². The van der Waals surface area contributed by atoms with Gasteiger partial charge < -0.3 is 10.1 Å². The maximum Gasteiger partial charge on any atom is 0.331 e. The lowest BCUT2D eigenvalue weighted by molar-refractivity contribution is -0.149. The first-order valence-corrected chi connectivity index (χ1v) is 11.2. The fourth-order valence-electron chi connectivity index (χ4n) is 2.95. The summed E-state index contributed by atoms with van der Waals surface area (Å²) in [7, 11) is -3.68. The molecular formula is C20H29N3O5S. The van der Waals surface area contributed by atoms with E-state index >= 15 is 0 Å². The Morgan fingerprint density at radius 3 is 2.52 bits per heavy atom. The Labute approximate surface area is 172 Å². The lowest BCUT2D eigenvalue weighted by Gasteiger charge is -2.15. The van der Waals surface area contributed by atoms with Gasteiger partial charge in [-0.3, -0.25) is 14.5 Å². The molecule has 8 nitrogen and oxygen atoms in total. The SMILES string of the molecule is CC(C)CCCC(C)NC(=O)COC(=O)[C@H](C)N=C1NS(=O)(=O)c2ccccc21. The zero-order valence-electron chi connectivity index (χ0n) is 17.3. The van der Waals surface area contributed by atoms with Crippen molar-refractivity contribution in [2.75, 3.05) is 6.61 Å². The normalized spacial score (nSPS) is 18.0. The molecule has 1 amide bonds. The Morgan fingerprint density at radius 1 is 1.14 bits per heavy atom. The lowest BCUT2D eigenvalue weighted by atomic mass is 10.0. The van der Waals surface area contributed by atoms with Crippen molar-refractivity contribution >= 4 is 27.7 Å². The van der Waals surface area contributed by atoms with Crippen molar-refractivity contribution in [3.05, 3.63) is 29.8 Å². The van der Waals surface area contributed by atoms with Crippen molar-refractivity contribution in [2.45, 2.75) is 63.9 Å². The van der Waals surface area contributed by atoms with Gasteiger partial charge in [0.15, 0.2) is 6.61 Å². The second kappa shape index (κ2) is 9.87. The summed E-state index contributed by atoms with van der Waals surface area (Å²) in [6.45, 7) is 7.31. The van der Waals surface area contributed by atoms with Crippen LogP contribution in [0.5, 0.6) is 0 Å². The minimum atomic E-state index is -3.68. The number of amides is 1. The molecule has 0 bridgehead atoms. The average molecular weight is 424 g/mol. The topological polar surface area (TPSA) is 114 Å². The monoisotopic (exact) mass is 423 g/mol. The van der Waals surface area contributed by atoms with Crippen molar-refractivity contribution in [3.8, 4) is 0 Å². The molecule has 0 saturated heterocycles. The number of benzene rings is 1. The lowest BCUT2D eigenvalue weighted by Crippen LogP contribution is -2.36. The van der Waals surface area contributed by atoms with Crippen molar-refractivity contribution in [1.82, 2.24) is 10.0 Å². The number of nitrogens with one attached hydrogen (secondary N) is 2. The summed E-state index contributed by atoms with van der Waals surface area (Å²) in [4.78, 5) is 28.4. The summed E-state index contributed by atoms with van der Waals surface area (Å²) in [5.41, 5.74) is 0.403. The third kappa shape index (κ3) is 6.56. The number of nitrogens with zero attached hydrogens (tertiary/aromatic N) is 1. The molecule has 29 heavy (non-hydrogen) atoms. The van der Waals surface area contributed by atoms with Gasteiger partial charge in [0, 0.05) is 11.6 Å². The van der Waals surface area contributed by atoms with Crippen molar-refractivity contribution in [1.29, 1.82) is 0 Å². The molecule has 1 aromatic carbocycles. The molecule has 9 heteroatoms. The van der Waals surface area contributed by atoms with E-state index in [2.05, 4.69) is 28.9 Å². The van der Waals surface area contributed by atoms with Crippen LogP contribution in [-0.2, 0) is 24.3 Å². The highest BCUT2D eigenvalue weighted by molar-refractivity contribution is 7.90. The number of esters is 1. The van der Waals surface area contributed by atoms with Crippen LogP contribution in [-0.4, -0.2) is 44.8 Å². The Bertz CT molecular complexity index is 880. The van der Waals surface area contributed by atoms with E-state index in [9.17, 15) is 18.0 Å². The second-order valence-corrected chi connectivity index (χ2v) is 9.31. The van der Waals surface area contributed by atoms with Gasteiger partial charge in [0.05, 0.1) is 4.90 Å². The van der Waals surface area contributed by atoms with Crippen LogP contribution in [0.25, 0.3) is 0 Å². The van der Waals surface area contributed by atoms with Crippen LogP contribution in [0.1, 0.15) is 52.5 Å². The van der Waals surface area contributed by atoms with Crippen LogP contribution in [0.15, 0.2) is 34.2 Å². The number of hydrogen-bond donors (Lipinski definition) is 2. The Hall–Kier alpha value is -2.42. The molecule has 2 atom stereocenters. The van der Waals surface area contributed by atoms with Gasteiger partial charge in [0.1, 0.15) is 11.9 Å². The summed E-state index contributed by atoms with van der Waals surface area (Å²) in [5, 5.41) is 2.80. The molecule has 0 saturated carbocycles. The van der Waals surface area contributed by atoms with Crippen LogP contribution in [0.3, 0.4) is 0 Å². The molecule has 1 heterocycles. The number of hydrogen-bond acceptors (Lipinski definition) is 6. The largest absolute Gasteiger partial charge is 0.454 e. The molecule has 0 radical (unpaired) electrons. The number of rotatable bonds is 9. The predicted octanol–water partition coefficient (Wildman–Crippen LogP) is 1.99. The van der Waals surface area contributed by atoms with Gasteiger partial charge in [0.25, 0.3) is 15.9 Å². The number of amidine groups is 1. The Kier molecular flexibility index (Phi) is 7.78. The molecule has 0 spiro atoms. The first-order chi connectivity index (χ1) is 13.6. The maximum absolute atomic E-state index is 12.2. The van der Waals surface area contributed by atoms with Crippen molar-refractivity contribution in [2.24, 2.45) is 10.9 Å². The highest BCUT2D eigenvalue weighted by atomic mass is 32.2. The Morgan fingerprint density at radius 2 is 1.83 bits per heavy atom. The highest BCUT2D eigenvalue weighted by Gasteiger charge is 2.31. The van der Waals surface area contributed by atoms with Crippen molar-refractivity contribution in [3.63, 3.8) is 0 Å². The number of carbonyl (C=O) groups excluding carboxylic acids is 2. The molecule has 160 valence electrons. The van der Waals surface area contributed by atoms with Gasteiger partial charge in [0.2, 0.25) is 0 Å². The fourth-order valence-corrected chi connectivity index (χ4v) is 4.19. The van der Waals surface area contributed by atoms with E-state index in [0.717, 1.165) is 19.3 Å². The molecule has 1 unspecified atom stereocenters. The standard InChI is InChI=1S/C20H29N3O5S/c1-13(2)8-7-9-14(3)21-18(24)12-28-20(25)15(4)22-19-16-10-5-6-11-17(16)29(26,27)23-19/h5-6,10-11,13-15H,7-9,12H2,1-4H3,(H,21,24)(H,22,23)/t14?,15-/m0/s1. The molecular weight excluding hydrogens is 394 g/mol. The number of ether oxygens (including phenoxy) is 1. The smallest absolute Gasteiger partial charge is 0.331 e. The third-order valence-corrected chi connectivity index (χ3v) is 5.90. The molecule has 2 N–H and O–H groups in total. The molecule has 0 aromatic heterocycles. The summed E-state index contributed by atoms with van der Waals surface area (Å²) >= 11 is 0. The predicted molar refractivity (Wildman–Crippen MR) is 110 cm³/mol. The van der Waals surface area contributed by atoms with Gasteiger partial charge in [-0.1, -0.05) is 38.8 Å². The highest BCUT2D eigenvalue weighted by Crippen LogP contribution is 2.22. The molecule has 2 rings (SSSR count). The second-order valence-electron chi connectivity index (χ2n) is 7.66. The summed E-state index contributed by atoms with van der Waals surface area (Å²) in [5.74, 6) is -0.364. The fraction of sp³-hybridized carbons (Fsp3) is 0.550. The zero-order valence-corrected chi connectivity index (χ0v) is 18.1. The van der Waals surface area contributed by atoms with Gasteiger partial charge in [-0.05, 0) is 38.3 Å². The number of carbonyl (C=O) groups is 2. The number of aliphatic imine (C=N–C) groups is 1. The van der Waals surface area contributed by atoms with Crippen LogP contribution >= 0.6 is 0 Å². The molecule has 0 fully saturated rings. The summed E-state index contributed by atoms with van der Waals surface area (Å²) in [6.07, 6.45) is 2.98. The van der Waals surface area contributed by atoms with Gasteiger partial charge >= 0.3 is 5.97 Å². The van der Waals surface area contributed by atoms with Crippen LogP contribution in [0.2, 0.25) is 0 Å². The molecule has 0 aliphatic carbocycles. The summed E-state index contributed by atoms with van der Waals surface area (Å²) < 4.78 is 31.5.